The van der Waals surface area contributed by atoms with E-state index in [0.717, 1.165) is 22.9 Å². The van der Waals surface area contributed by atoms with Crippen molar-refractivity contribution in [3.05, 3.63) is 93.4 Å². The number of para-hydroxylation sites is 1. The number of rotatable bonds is 7. The van der Waals surface area contributed by atoms with Gasteiger partial charge in [0.05, 0.1) is 17.5 Å². The molecule has 1 heterocycles. The second kappa shape index (κ2) is 9.22. The SMILES string of the molecule is O=c1c2ccccc2nc(-c2ccc(Br)cc2)n1CCCCOc1ccc(F)cc1. The van der Waals surface area contributed by atoms with Crippen LogP contribution in [-0.2, 0) is 6.54 Å². The maximum atomic E-state index is 13.2. The predicted molar refractivity (Wildman–Crippen MR) is 120 cm³/mol. The number of nitrogens with zero attached hydrogens (tertiary/aromatic N) is 2. The van der Waals surface area contributed by atoms with E-state index in [2.05, 4.69) is 15.9 Å². The van der Waals surface area contributed by atoms with Gasteiger partial charge in [0.15, 0.2) is 0 Å². The molecule has 0 aliphatic rings. The van der Waals surface area contributed by atoms with Gasteiger partial charge in [-0.1, -0.05) is 40.2 Å². The molecule has 4 rings (SSSR count). The smallest absolute Gasteiger partial charge is 0.261 e. The van der Waals surface area contributed by atoms with Gasteiger partial charge in [-0.25, -0.2) is 9.37 Å². The summed E-state index contributed by atoms with van der Waals surface area (Å²) in [5.41, 5.74) is 1.54. The number of aromatic nitrogens is 2. The molecule has 0 saturated carbocycles. The summed E-state index contributed by atoms with van der Waals surface area (Å²) in [6, 6.07) is 21.2. The molecule has 3 aromatic carbocycles. The third kappa shape index (κ3) is 4.60. The van der Waals surface area contributed by atoms with Crippen molar-refractivity contribution in [1.29, 1.82) is 0 Å². The molecule has 1 aromatic heterocycles. The van der Waals surface area contributed by atoms with Gasteiger partial charge in [0.25, 0.3) is 5.56 Å². The first-order valence-corrected chi connectivity index (χ1v) is 10.5. The summed E-state index contributed by atoms with van der Waals surface area (Å²) in [4.78, 5) is 17.9. The van der Waals surface area contributed by atoms with Crippen LogP contribution in [0.15, 0.2) is 82.1 Å². The second-order valence-corrected chi connectivity index (χ2v) is 7.84. The zero-order valence-corrected chi connectivity index (χ0v) is 17.8. The average Bonchev–Trinajstić information content (AvgIpc) is 2.76. The average molecular weight is 467 g/mol. The first kappa shape index (κ1) is 20.3. The van der Waals surface area contributed by atoms with Gasteiger partial charge < -0.3 is 4.74 Å². The molecule has 30 heavy (non-hydrogen) atoms. The lowest BCUT2D eigenvalue weighted by atomic mass is 10.1. The molecular weight excluding hydrogens is 447 g/mol. The van der Waals surface area contributed by atoms with Gasteiger partial charge >= 0.3 is 0 Å². The number of hydrogen-bond acceptors (Lipinski definition) is 3. The molecule has 0 radical (unpaired) electrons. The fourth-order valence-electron chi connectivity index (χ4n) is 3.29. The van der Waals surface area contributed by atoms with Crippen LogP contribution in [-0.4, -0.2) is 16.2 Å². The Labute approximate surface area is 182 Å². The van der Waals surface area contributed by atoms with Gasteiger partial charge in [0.2, 0.25) is 0 Å². The summed E-state index contributed by atoms with van der Waals surface area (Å²) in [6.07, 6.45) is 1.51. The zero-order valence-electron chi connectivity index (χ0n) is 16.2. The Balaban J connectivity index is 1.53. The Morgan fingerprint density at radius 1 is 0.933 bits per heavy atom. The van der Waals surface area contributed by atoms with Gasteiger partial charge in [-0.2, -0.15) is 0 Å². The third-order valence-corrected chi connectivity index (χ3v) is 5.35. The standard InChI is InChI=1S/C24H20BrFN2O2/c25-18-9-7-17(8-10-18)23-27-22-6-2-1-5-21(22)24(29)28(23)15-3-4-16-30-20-13-11-19(26)12-14-20/h1-2,5-14H,3-4,15-16H2. The first-order chi connectivity index (χ1) is 14.6. The Hall–Kier alpha value is -2.99. The Morgan fingerprint density at radius 2 is 1.67 bits per heavy atom. The van der Waals surface area contributed by atoms with Crippen LogP contribution >= 0.6 is 15.9 Å². The molecule has 0 atom stereocenters. The zero-order chi connectivity index (χ0) is 20.9. The number of benzene rings is 3. The Bertz CT molecular complexity index is 1200. The summed E-state index contributed by atoms with van der Waals surface area (Å²) in [5.74, 6) is 1.01. The van der Waals surface area contributed by atoms with Crippen LogP contribution in [0.2, 0.25) is 0 Å². The van der Waals surface area contributed by atoms with Crippen LogP contribution in [0.4, 0.5) is 4.39 Å². The minimum absolute atomic E-state index is 0.0435. The molecule has 0 spiro atoms. The molecule has 0 saturated heterocycles. The summed E-state index contributed by atoms with van der Waals surface area (Å²) >= 11 is 3.45. The van der Waals surface area contributed by atoms with E-state index in [-0.39, 0.29) is 11.4 Å². The minimum Gasteiger partial charge on any atom is -0.494 e. The van der Waals surface area contributed by atoms with E-state index in [1.54, 1.807) is 16.7 Å². The van der Waals surface area contributed by atoms with Crippen LogP contribution in [0.1, 0.15) is 12.8 Å². The molecule has 0 amide bonds. The monoisotopic (exact) mass is 466 g/mol. The molecule has 0 fully saturated rings. The Kier molecular flexibility index (Phi) is 6.23. The van der Waals surface area contributed by atoms with Crippen molar-refractivity contribution < 1.29 is 9.13 Å². The highest BCUT2D eigenvalue weighted by molar-refractivity contribution is 9.10. The lowest BCUT2D eigenvalue weighted by molar-refractivity contribution is 0.302. The molecule has 0 bridgehead atoms. The third-order valence-electron chi connectivity index (χ3n) is 4.82. The summed E-state index contributed by atoms with van der Waals surface area (Å²) in [5, 5.41) is 0.612. The summed E-state index contributed by atoms with van der Waals surface area (Å²) in [7, 11) is 0. The highest BCUT2D eigenvalue weighted by Gasteiger charge is 2.12. The highest BCUT2D eigenvalue weighted by atomic mass is 79.9. The van der Waals surface area contributed by atoms with E-state index in [4.69, 9.17) is 9.72 Å². The van der Waals surface area contributed by atoms with Crippen LogP contribution in [0.3, 0.4) is 0 Å². The van der Waals surface area contributed by atoms with E-state index in [9.17, 15) is 9.18 Å². The largest absolute Gasteiger partial charge is 0.494 e. The van der Waals surface area contributed by atoms with Crippen molar-refractivity contribution in [3.8, 4) is 17.1 Å². The lowest BCUT2D eigenvalue weighted by Gasteiger charge is -2.14. The fourth-order valence-corrected chi connectivity index (χ4v) is 3.55. The van der Waals surface area contributed by atoms with Gasteiger partial charge in [-0.3, -0.25) is 9.36 Å². The van der Waals surface area contributed by atoms with Crippen molar-refractivity contribution in [3.63, 3.8) is 0 Å². The van der Waals surface area contributed by atoms with Crippen molar-refractivity contribution in [1.82, 2.24) is 9.55 Å². The van der Waals surface area contributed by atoms with Crippen molar-refractivity contribution in [2.24, 2.45) is 0 Å². The maximum Gasteiger partial charge on any atom is 0.261 e. The van der Waals surface area contributed by atoms with Crippen LogP contribution in [0.5, 0.6) is 5.75 Å². The molecular formula is C24H20BrFN2O2. The molecule has 152 valence electrons. The second-order valence-electron chi connectivity index (χ2n) is 6.93. The number of fused-ring (bicyclic) bond motifs is 1. The predicted octanol–water partition coefficient (Wildman–Crippen LogP) is 5.82. The van der Waals surface area contributed by atoms with Crippen molar-refractivity contribution in [2.45, 2.75) is 19.4 Å². The Morgan fingerprint density at radius 3 is 2.43 bits per heavy atom. The maximum absolute atomic E-state index is 13.2. The quantitative estimate of drug-likeness (QED) is 0.322. The minimum atomic E-state index is -0.286. The van der Waals surface area contributed by atoms with E-state index >= 15 is 0 Å². The number of ether oxygens (including phenoxy) is 1. The van der Waals surface area contributed by atoms with E-state index < -0.39 is 0 Å². The topological polar surface area (TPSA) is 44.1 Å². The van der Waals surface area contributed by atoms with E-state index in [0.29, 0.717) is 35.6 Å². The number of unbranched alkanes of at least 4 members (excludes halogenated alkanes) is 1. The van der Waals surface area contributed by atoms with E-state index in [1.165, 1.54) is 12.1 Å². The number of halogens is 2. The molecule has 0 N–H and O–H groups in total. The summed E-state index contributed by atoms with van der Waals surface area (Å²) < 4.78 is 21.3. The van der Waals surface area contributed by atoms with Crippen molar-refractivity contribution in [2.75, 3.05) is 6.61 Å². The lowest BCUT2D eigenvalue weighted by Crippen LogP contribution is -2.24. The number of hydrogen-bond donors (Lipinski definition) is 0. The van der Waals surface area contributed by atoms with Crippen LogP contribution < -0.4 is 10.3 Å². The van der Waals surface area contributed by atoms with Gasteiger partial charge in [-0.15, -0.1) is 0 Å². The molecule has 4 nitrogen and oxygen atoms in total. The van der Waals surface area contributed by atoms with Gasteiger partial charge in [-0.05, 0) is 61.4 Å². The first-order valence-electron chi connectivity index (χ1n) is 9.76. The molecule has 6 heteroatoms. The van der Waals surface area contributed by atoms with Crippen LogP contribution in [0.25, 0.3) is 22.3 Å². The highest BCUT2D eigenvalue weighted by Crippen LogP contribution is 2.22. The molecule has 0 aliphatic heterocycles. The van der Waals surface area contributed by atoms with Crippen LogP contribution in [0, 0.1) is 5.82 Å². The summed E-state index contributed by atoms with van der Waals surface area (Å²) in [6.45, 7) is 1.03. The molecule has 4 aromatic rings. The van der Waals surface area contributed by atoms with Gasteiger partial charge in [0, 0.05) is 16.6 Å². The molecule has 0 aliphatic carbocycles. The normalized spacial score (nSPS) is 11.0. The van der Waals surface area contributed by atoms with E-state index in [1.807, 2.05) is 48.5 Å². The van der Waals surface area contributed by atoms with Gasteiger partial charge in [0.1, 0.15) is 17.4 Å². The van der Waals surface area contributed by atoms with Crippen molar-refractivity contribution >= 4 is 26.8 Å². The molecule has 0 unspecified atom stereocenters. The fraction of sp³-hybridized carbons (Fsp3) is 0.167.